The third kappa shape index (κ3) is 4.79. The van der Waals surface area contributed by atoms with Gasteiger partial charge in [0.15, 0.2) is 17.3 Å². The molecule has 0 radical (unpaired) electrons. The van der Waals surface area contributed by atoms with E-state index in [-0.39, 0.29) is 5.78 Å². The van der Waals surface area contributed by atoms with Gasteiger partial charge in [0, 0.05) is 5.56 Å². The first-order valence-electron chi connectivity index (χ1n) is 8.38. The van der Waals surface area contributed by atoms with Crippen molar-refractivity contribution in [1.82, 2.24) is 0 Å². The molecular weight excluding hydrogens is 332 g/mol. The molecule has 0 N–H and O–H groups in total. The summed E-state index contributed by atoms with van der Waals surface area (Å²) in [7, 11) is 4.66. The Morgan fingerprint density at radius 1 is 0.962 bits per heavy atom. The summed E-state index contributed by atoms with van der Waals surface area (Å²) in [5.41, 5.74) is 1.37. The average molecular weight is 356 g/mol. The fraction of sp³-hybridized carbons (Fsp3) is 0.286. The molecule has 0 heterocycles. The molecule has 0 saturated carbocycles. The van der Waals surface area contributed by atoms with Crippen LogP contribution in [0.5, 0.6) is 23.0 Å². The molecule has 26 heavy (non-hydrogen) atoms. The number of ketones is 1. The minimum Gasteiger partial charge on any atom is -0.494 e. The van der Waals surface area contributed by atoms with Gasteiger partial charge < -0.3 is 18.9 Å². The van der Waals surface area contributed by atoms with Crippen molar-refractivity contribution in [3.8, 4) is 23.0 Å². The van der Waals surface area contributed by atoms with Crippen LogP contribution in [-0.4, -0.2) is 33.7 Å². The van der Waals surface area contributed by atoms with E-state index >= 15 is 0 Å². The predicted octanol–water partition coefficient (Wildman–Crippen LogP) is 4.40. The van der Waals surface area contributed by atoms with Gasteiger partial charge in [-0.1, -0.05) is 13.0 Å². The fourth-order valence-corrected chi connectivity index (χ4v) is 2.40. The lowest BCUT2D eigenvalue weighted by molar-refractivity contribution is 0.104. The van der Waals surface area contributed by atoms with Crippen molar-refractivity contribution in [2.75, 3.05) is 27.9 Å². The Morgan fingerprint density at radius 3 is 2.08 bits per heavy atom. The zero-order valence-electron chi connectivity index (χ0n) is 15.6. The van der Waals surface area contributed by atoms with Crippen molar-refractivity contribution in [2.45, 2.75) is 13.3 Å². The van der Waals surface area contributed by atoms with E-state index < -0.39 is 0 Å². The number of carbonyl (C=O) groups is 1. The second kappa shape index (κ2) is 9.51. The number of allylic oxidation sites excluding steroid dienone is 1. The van der Waals surface area contributed by atoms with Gasteiger partial charge in [0.2, 0.25) is 5.75 Å². The van der Waals surface area contributed by atoms with Crippen LogP contribution >= 0.6 is 0 Å². The maximum atomic E-state index is 12.4. The molecule has 0 fully saturated rings. The number of rotatable bonds is 9. The van der Waals surface area contributed by atoms with Crippen LogP contribution in [0.2, 0.25) is 0 Å². The van der Waals surface area contributed by atoms with Gasteiger partial charge in [-0.3, -0.25) is 4.79 Å². The number of carbonyl (C=O) groups excluding carboxylic acids is 1. The van der Waals surface area contributed by atoms with Gasteiger partial charge in [-0.15, -0.1) is 0 Å². The van der Waals surface area contributed by atoms with E-state index in [0.29, 0.717) is 29.4 Å². The normalized spacial score (nSPS) is 10.6. The Bertz CT molecular complexity index is 737. The van der Waals surface area contributed by atoms with E-state index in [1.165, 1.54) is 6.08 Å². The molecule has 0 amide bonds. The second-order valence-corrected chi connectivity index (χ2v) is 5.53. The summed E-state index contributed by atoms with van der Waals surface area (Å²) < 4.78 is 21.5. The summed E-state index contributed by atoms with van der Waals surface area (Å²) in [6.45, 7) is 2.71. The van der Waals surface area contributed by atoms with Crippen molar-refractivity contribution in [3.63, 3.8) is 0 Å². The van der Waals surface area contributed by atoms with Gasteiger partial charge in [0.25, 0.3) is 0 Å². The van der Waals surface area contributed by atoms with Crippen LogP contribution < -0.4 is 18.9 Å². The highest BCUT2D eigenvalue weighted by molar-refractivity contribution is 6.06. The van der Waals surface area contributed by atoms with Gasteiger partial charge in [-0.25, -0.2) is 0 Å². The number of hydrogen-bond donors (Lipinski definition) is 0. The minimum absolute atomic E-state index is 0.0965. The Hall–Kier alpha value is -2.95. The highest BCUT2D eigenvalue weighted by atomic mass is 16.5. The molecule has 5 heteroatoms. The molecule has 0 aliphatic rings. The maximum Gasteiger partial charge on any atom is 0.203 e. The van der Waals surface area contributed by atoms with Gasteiger partial charge in [-0.2, -0.15) is 0 Å². The van der Waals surface area contributed by atoms with Crippen LogP contribution in [-0.2, 0) is 0 Å². The number of ether oxygens (including phenoxy) is 4. The van der Waals surface area contributed by atoms with Crippen LogP contribution in [0.3, 0.4) is 0 Å². The predicted molar refractivity (Wildman–Crippen MR) is 102 cm³/mol. The molecule has 0 bridgehead atoms. The molecule has 0 saturated heterocycles. The van der Waals surface area contributed by atoms with E-state index in [1.54, 1.807) is 63.8 Å². The first-order chi connectivity index (χ1) is 12.6. The van der Waals surface area contributed by atoms with Crippen molar-refractivity contribution in [2.24, 2.45) is 0 Å². The molecule has 0 aliphatic carbocycles. The zero-order valence-corrected chi connectivity index (χ0v) is 15.6. The molecule has 0 unspecified atom stereocenters. The monoisotopic (exact) mass is 356 g/mol. The number of hydrogen-bond acceptors (Lipinski definition) is 5. The lowest BCUT2D eigenvalue weighted by atomic mass is 10.1. The Balaban J connectivity index is 2.17. The van der Waals surface area contributed by atoms with Gasteiger partial charge in [0.05, 0.1) is 27.9 Å². The first kappa shape index (κ1) is 19.4. The summed E-state index contributed by atoms with van der Waals surface area (Å²) in [6.07, 6.45) is 4.18. The zero-order chi connectivity index (χ0) is 18.9. The molecule has 0 atom stereocenters. The Labute approximate surface area is 154 Å². The van der Waals surface area contributed by atoms with Crippen LogP contribution in [0.4, 0.5) is 0 Å². The van der Waals surface area contributed by atoms with Crippen LogP contribution in [0.15, 0.2) is 42.5 Å². The average Bonchev–Trinajstić information content (AvgIpc) is 2.69. The summed E-state index contributed by atoms with van der Waals surface area (Å²) >= 11 is 0. The Kier molecular flexibility index (Phi) is 7.09. The molecule has 2 aromatic carbocycles. The second-order valence-electron chi connectivity index (χ2n) is 5.53. The highest BCUT2D eigenvalue weighted by Crippen LogP contribution is 2.38. The fourth-order valence-electron chi connectivity index (χ4n) is 2.40. The molecule has 2 aromatic rings. The quantitative estimate of drug-likeness (QED) is 0.492. The molecule has 0 spiro atoms. The molecule has 0 aromatic heterocycles. The number of methoxy groups -OCH3 is 3. The van der Waals surface area contributed by atoms with Crippen molar-refractivity contribution in [1.29, 1.82) is 0 Å². The van der Waals surface area contributed by atoms with Gasteiger partial charge in [0.1, 0.15) is 5.75 Å². The van der Waals surface area contributed by atoms with E-state index in [0.717, 1.165) is 17.7 Å². The SMILES string of the molecule is CCCOc1ccc(C(=O)/C=C/c2cc(OC)c(OC)c(OC)c2)cc1. The number of benzene rings is 2. The summed E-state index contributed by atoms with van der Waals surface area (Å²) in [5.74, 6) is 2.26. The van der Waals surface area contributed by atoms with E-state index in [9.17, 15) is 4.79 Å². The maximum absolute atomic E-state index is 12.4. The lowest BCUT2D eigenvalue weighted by Gasteiger charge is -2.12. The summed E-state index contributed by atoms with van der Waals surface area (Å²) in [4.78, 5) is 12.4. The van der Waals surface area contributed by atoms with Gasteiger partial charge in [-0.05, 0) is 54.5 Å². The summed E-state index contributed by atoms with van der Waals surface area (Å²) in [6, 6.07) is 10.7. The van der Waals surface area contributed by atoms with E-state index in [1.807, 2.05) is 6.92 Å². The van der Waals surface area contributed by atoms with Crippen molar-refractivity contribution < 1.29 is 23.7 Å². The van der Waals surface area contributed by atoms with Crippen molar-refractivity contribution in [3.05, 3.63) is 53.6 Å². The van der Waals surface area contributed by atoms with Crippen LogP contribution in [0, 0.1) is 0 Å². The molecule has 0 aliphatic heterocycles. The van der Waals surface area contributed by atoms with E-state index in [2.05, 4.69) is 0 Å². The molecular formula is C21H24O5. The lowest BCUT2D eigenvalue weighted by Crippen LogP contribution is -1.97. The Morgan fingerprint density at radius 2 is 1.58 bits per heavy atom. The largest absolute Gasteiger partial charge is 0.494 e. The highest BCUT2D eigenvalue weighted by Gasteiger charge is 2.12. The van der Waals surface area contributed by atoms with Gasteiger partial charge >= 0.3 is 0 Å². The smallest absolute Gasteiger partial charge is 0.203 e. The minimum atomic E-state index is -0.0965. The first-order valence-corrected chi connectivity index (χ1v) is 8.38. The third-order valence-corrected chi connectivity index (χ3v) is 3.73. The standard InChI is InChI=1S/C21H24O5/c1-5-12-26-17-9-7-16(8-10-17)18(22)11-6-15-13-19(23-2)21(25-4)20(14-15)24-3/h6-11,13-14H,5,12H2,1-4H3/b11-6+. The van der Waals surface area contributed by atoms with Crippen molar-refractivity contribution >= 4 is 11.9 Å². The van der Waals surface area contributed by atoms with E-state index in [4.69, 9.17) is 18.9 Å². The molecule has 138 valence electrons. The molecule has 2 rings (SSSR count). The van der Waals surface area contributed by atoms with Crippen LogP contribution in [0.1, 0.15) is 29.3 Å². The van der Waals surface area contributed by atoms with Crippen LogP contribution in [0.25, 0.3) is 6.08 Å². The third-order valence-electron chi connectivity index (χ3n) is 3.73. The molecule has 5 nitrogen and oxygen atoms in total. The topological polar surface area (TPSA) is 54.0 Å². The summed E-state index contributed by atoms with van der Waals surface area (Å²) in [5, 5.41) is 0.